The Morgan fingerprint density at radius 3 is 2.29 bits per heavy atom. The van der Waals surface area contributed by atoms with Crippen molar-refractivity contribution < 1.29 is 29.0 Å². The van der Waals surface area contributed by atoms with Gasteiger partial charge in [-0.15, -0.1) is 23.2 Å². The number of aliphatic hydroxyl groups is 1. The van der Waals surface area contributed by atoms with Crippen LogP contribution in [0.2, 0.25) is 0 Å². The molecule has 4 aliphatic rings. The largest absolute Gasteiger partial charge is 0.491 e. The molecule has 2 aliphatic carbocycles. The predicted molar refractivity (Wildman–Crippen MR) is 154 cm³/mol. The van der Waals surface area contributed by atoms with Gasteiger partial charge in [0.25, 0.3) is 11.8 Å². The van der Waals surface area contributed by atoms with Crippen molar-refractivity contribution in [3.63, 3.8) is 0 Å². The lowest BCUT2D eigenvalue weighted by Gasteiger charge is -2.50. The highest BCUT2D eigenvalue weighted by atomic mass is 79.9. The van der Waals surface area contributed by atoms with Crippen LogP contribution >= 0.6 is 39.1 Å². The van der Waals surface area contributed by atoms with E-state index in [0.717, 1.165) is 16.0 Å². The molecule has 0 radical (unpaired) electrons. The van der Waals surface area contributed by atoms with Crippen LogP contribution in [0.5, 0.6) is 5.75 Å². The van der Waals surface area contributed by atoms with Crippen molar-refractivity contribution in [3.8, 4) is 5.75 Å². The Bertz CT molecular complexity index is 1450. The minimum absolute atomic E-state index is 0.0501. The lowest BCUT2D eigenvalue weighted by molar-refractivity contribution is -0.141. The number of likely N-dealkylation sites (tertiary alicyclic amines) is 2. The van der Waals surface area contributed by atoms with Crippen LogP contribution in [0, 0.1) is 17.8 Å². The first-order valence-electron chi connectivity index (χ1n) is 13.4. The molecule has 2 heterocycles. The van der Waals surface area contributed by atoms with Crippen molar-refractivity contribution in [1.82, 2.24) is 9.80 Å². The molecule has 11 heteroatoms. The van der Waals surface area contributed by atoms with Gasteiger partial charge in [-0.05, 0) is 42.0 Å². The molecular formula is C30H27BrCl2N2O6. The molecule has 0 unspecified atom stereocenters. The number of fused-ring (bicyclic) bond motifs is 4. The molecule has 214 valence electrons. The maximum Gasteiger partial charge on any atom is 0.254 e. The summed E-state index contributed by atoms with van der Waals surface area (Å²) in [6.07, 6.45) is 2.18. The standard InChI is InChI=1S/C30H27BrCl2N2O6/c31-16-35-27(39)29(32)14-22-20(24(30(29,33)28(35)40)18-6-8-19(9-7-18)41-13-12-36)10-11-21-23(22)26(38)34(25(21)37)15-17-4-2-1-3-5-17/h1-10,21-24,36H,11-16H2/t21-,22+,23-,24-,29+,30-/m0/s1. The zero-order chi connectivity index (χ0) is 29.1. The second-order valence-electron chi connectivity index (χ2n) is 10.9. The minimum Gasteiger partial charge on any atom is -0.491 e. The van der Waals surface area contributed by atoms with Crippen LogP contribution in [-0.4, -0.2) is 67.0 Å². The van der Waals surface area contributed by atoms with Crippen LogP contribution in [0.1, 0.15) is 29.9 Å². The maximum atomic E-state index is 13.9. The number of hydrogen-bond acceptors (Lipinski definition) is 6. The third kappa shape index (κ3) is 4.11. The van der Waals surface area contributed by atoms with Crippen LogP contribution in [0.25, 0.3) is 0 Å². The Morgan fingerprint density at radius 2 is 1.63 bits per heavy atom. The Labute approximate surface area is 255 Å². The van der Waals surface area contributed by atoms with Gasteiger partial charge >= 0.3 is 0 Å². The summed E-state index contributed by atoms with van der Waals surface area (Å²) in [5.41, 5.74) is 2.13. The Morgan fingerprint density at radius 1 is 0.927 bits per heavy atom. The molecule has 6 atom stereocenters. The molecule has 2 aromatic carbocycles. The number of nitrogens with zero attached hydrogens (tertiary/aromatic N) is 2. The average Bonchev–Trinajstić information content (AvgIpc) is 3.30. The summed E-state index contributed by atoms with van der Waals surface area (Å²) in [7, 11) is 0. The highest BCUT2D eigenvalue weighted by Gasteiger charge is 2.76. The lowest BCUT2D eigenvalue weighted by atomic mass is 9.56. The van der Waals surface area contributed by atoms with E-state index in [0.29, 0.717) is 17.7 Å². The van der Waals surface area contributed by atoms with E-state index in [1.54, 1.807) is 24.3 Å². The molecule has 2 saturated heterocycles. The third-order valence-electron chi connectivity index (χ3n) is 8.86. The molecule has 0 spiro atoms. The van der Waals surface area contributed by atoms with Crippen molar-refractivity contribution in [1.29, 1.82) is 0 Å². The molecule has 2 aliphatic heterocycles. The Balaban J connectivity index is 1.44. The van der Waals surface area contributed by atoms with Crippen LogP contribution in [-0.2, 0) is 25.7 Å². The number of carbonyl (C=O) groups excluding carboxylic acids is 4. The maximum absolute atomic E-state index is 13.9. The van der Waals surface area contributed by atoms with Crippen molar-refractivity contribution in [3.05, 3.63) is 77.4 Å². The topological polar surface area (TPSA) is 104 Å². The summed E-state index contributed by atoms with van der Waals surface area (Å²) in [5, 5.41) is 9.10. The van der Waals surface area contributed by atoms with E-state index in [9.17, 15) is 19.2 Å². The van der Waals surface area contributed by atoms with Gasteiger partial charge in [-0.1, -0.05) is 70.0 Å². The second-order valence-corrected chi connectivity index (χ2v) is 12.6. The smallest absolute Gasteiger partial charge is 0.254 e. The number of ether oxygens (including phenoxy) is 1. The first kappa shape index (κ1) is 28.4. The number of halogens is 3. The summed E-state index contributed by atoms with van der Waals surface area (Å²) in [6.45, 7) is 0.132. The Kier molecular flexibility index (Phi) is 7.29. The number of aliphatic hydroxyl groups excluding tert-OH is 1. The van der Waals surface area contributed by atoms with Gasteiger partial charge in [-0.3, -0.25) is 29.0 Å². The predicted octanol–water partition coefficient (Wildman–Crippen LogP) is 3.97. The van der Waals surface area contributed by atoms with Crippen molar-refractivity contribution in [2.24, 2.45) is 17.8 Å². The van der Waals surface area contributed by atoms with Gasteiger partial charge < -0.3 is 9.84 Å². The number of allylic oxidation sites excluding steroid dienone is 2. The minimum atomic E-state index is -1.85. The fraction of sp³-hybridized carbons (Fsp3) is 0.400. The third-order valence-corrected chi connectivity index (χ3v) is 10.8. The number of hydrogen-bond donors (Lipinski definition) is 1. The van der Waals surface area contributed by atoms with E-state index in [2.05, 4.69) is 15.9 Å². The van der Waals surface area contributed by atoms with Crippen LogP contribution in [0.3, 0.4) is 0 Å². The van der Waals surface area contributed by atoms with Gasteiger partial charge in [0, 0.05) is 5.92 Å². The monoisotopic (exact) mass is 660 g/mol. The van der Waals surface area contributed by atoms with Crippen molar-refractivity contribution >= 4 is 62.8 Å². The van der Waals surface area contributed by atoms with Crippen LogP contribution in [0.4, 0.5) is 0 Å². The molecule has 3 fully saturated rings. The van der Waals surface area contributed by atoms with E-state index < -0.39 is 45.2 Å². The SMILES string of the molecule is O=C1[C@H]2[C@H](CC=C3[C@H]2C[C@@]2(Cl)C(=O)N(CBr)C(=O)[C@@]2(Cl)[C@H]3c2ccc(OCCO)cc2)C(=O)N1Cc1ccccc1. The summed E-state index contributed by atoms with van der Waals surface area (Å²) in [6, 6.07) is 16.2. The molecule has 8 nitrogen and oxygen atoms in total. The van der Waals surface area contributed by atoms with Gasteiger partial charge in [0.1, 0.15) is 12.4 Å². The fourth-order valence-electron chi connectivity index (χ4n) is 7.03. The molecular weight excluding hydrogens is 635 g/mol. The number of carbonyl (C=O) groups is 4. The molecule has 1 saturated carbocycles. The molecule has 0 aromatic heterocycles. The highest BCUT2D eigenvalue weighted by Crippen LogP contribution is 2.65. The number of amides is 4. The Hall–Kier alpha value is -2.72. The summed E-state index contributed by atoms with van der Waals surface area (Å²) >= 11 is 17.7. The normalized spacial score (nSPS) is 32.5. The second kappa shape index (κ2) is 10.5. The van der Waals surface area contributed by atoms with Crippen LogP contribution in [0.15, 0.2) is 66.2 Å². The molecule has 1 N–H and O–H groups in total. The first-order chi connectivity index (χ1) is 19.7. The van der Waals surface area contributed by atoms with E-state index >= 15 is 0 Å². The first-order valence-corrected chi connectivity index (χ1v) is 15.3. The van der Waals surface area contributed by atoms with E-state index in [1.807, 2.05) is 36.4 Å². The average molecular weight is 662 g/mol. The van der Waals surface area contributed by atoms with E-state index in [-0.39, 0.29) is 43.4 Å². The van der Waals surface area contributed by atoms with Crippen molar-refractivity contribution in [2.75, 3.05) is 18.7 Å². The van der Waals surface area contributed by atoms with Gasteiger partial charge in [-0.25, -0.2) is 0 Å². The van der Waals surface area contributed by atoms with Gasteiger partial charge in [0.2, 0.25) is 11.8 Å². The lowest BCUT2D eigenvalue weighted by Crippen LogP contribution is -2.60. The zero-order valence-corrected chi connectivity index (χ0v) is 24.9. The number of imide groups is 2. The zero-order valence-electron chi connectivity index (χ0n) is 21.8. The van der Waals surface area contributed by atoms with Crippen LogP contribution < -0.4 is 4.74 Å². The number of alkyl halides is 3. The summed E-state index contributed by atoms with van der Waals surface area (Å²) in [5.74, 6) is -3.98. The van der Waals surface area contributed by atoms with E-state index in [4.69, 9.17) is 33.0 Å². The van der Waals surface area contributed by atoms with Gasteiger partial charge in [0.05, 0.1) is 30.4 Å². The van der Waals surface area contributed by atoms with Gasteiger partial charge in [0.15, 0.2) is 9.75 Å². The molecule has 0 bridgehead atoms. The fourth-order valence-corrected chi connectivity index (χ4v) is 8.46. The quantitative estimate of drug-likeness (QED) is 0.209. The molecule has 6 rings (SSSR count). The summed E-state index contributed by atoms with van der Waals surface area (Å²) < 4.78 is 5.50. The number of rotatable bonds is 7. The number of benzene rings is 2. The van der Waals surface area contributed by atoms with E-state index in [1.165, 1.54) is 4.90 Å². The molecule has 41 heavy (non-hydrogen) atoms. The van der Waals surface area contributed by atoms with Gasteiger partial charge in [-0.2, -0.15) is 0 Å². The molecule has 4 amide bonds. The van der Waals surface area contributed by atoms with Crippen molar-refractivity contribution in [2.45, 2.75) is 35.1 Å². The highest BCUT2D eigenvalue weighted by molar-refractivity contribution is 9.09. The molecule has 2 aromatic rings. The summed E-state index contributed by atoms with van der Waals surface area (Å²) in [4.78, 5) is 53.6.